The quantitative estimate of drug-likeness (QED) is 0.722. The molecule has 1 aromatic heterocycles. The van der Waals surface area contributed by atoms with Crippen molar-refractivity contribution in [1.29, 1.82) is 0 Å². The molecule has 0 radical (unpaired) electrons. The molecule has 0 bridgehead atoms. The summed E-state index contributed by atoms with van der Waals surface area (Å²) in [5, 5.41) is 12.5. The summed E-state index contributed by atoms with van der Waals surface area (Å²) in [7, 11) is 0. The van der Waals surface area contributed by atoms with Gasteiger partial charge in [-0.2, -0.15) is 0 Å². The van der Waals surface area contributed by atoms with Crippen LogP contribution in [-0.2, 0) is 4.79 Å². The van der Waals surface area contributed by atoms with Gasteiger partial charge in [0.1, 0.15) is 17.2 Å². The predicted molar refractivity (Wildman–Crippen MR) is 71.3 cm³/mol. The minimum absolute atomic E-state index is 0.274. The van der Waals surface area contributed by atoms with Crippen LogP contribution < -0.4 is 10.9 Å². The van der Waals surface area contributed by atoms with Crippen LogP contribution in [0, 0.1) is 6.92 Å². The molecule has 0 aromatic carbocycles. The highest BCUT2D eigenvalue weighted by Crippen LogP contribution is 2.30. The third-order valence-electron chi connectivity index (χ3n) is 3.59. The molecular formula is C13H19N3O3. The average molecular weight is 265 g/mol. The van der Waals surface area contributed by atoms with Gasteiger partial charge >= 0.3 is 5.97 Å². The normalized spacial score (nSPS) is 18.6. The first-order valence-electron chi connectivity index (χ1n) is 6.61. The molecule has 1 fully saturated rings. The van der Waals surface area contributed by atoms with Gasteiger partial charge < -0.3 is 15.4 Å². The number of aromatic amines is 1. The van der Waals surface area contributed by atoms with Crippen molar-refractivity contribution in [3.63, 3.8) is 0 Å². The summed E-state index contributed by atoms with van der Waals surface area (Å²) in [6, 6.07) is 1.31. The standard InChI is InChI=1S/C13H19N3O3/c1-9-14-10(8-11(17)15-9)16-13(12(18)19)6-4-2-3-5-7-13/h8H,2-7H2,1H3,(H,18,19)(H2,14,15,16,17). The molecule has 0 atom stereocenters. The van der Waals surface area contributed by atoms with E-state index in [1.165, 1.54) is 6.07 Å². The first-order valence-corrected chi connectivity index (χ1v) is 6.61. The highest BCUT2D eigenvalue weighted by atomic mass is 16.4. The zero-order valence-corrected chi connectivity index (χ0v) is 11.0. The molecule has 0 amide bonds. The molecule has 1 heterocycles. The Kier molecular flexibility index (Phi) is 3.87. The molecular weight excluding hydrogens is 246 g/mol. The van der Waals surface area contributed by atoms with Crippen LogP contribution in [0.5, 0.6) is 0 Å². The monoisotopic (exact) mass is 265 g/mol. The Bertz CT molecular complexity index is 516. The highest BCUT2D eigenvalue weighted by molar-refractivity contribution is 5.82. The summed E-state index contributed by atoms with van der Waals surface area (Å²) in [6.45, 7) is 1.67. The number of rotatable bonds is 3. The van der Waals surface area contributed by atoms with E-state index < -0.39 is 11.5 Å². The molecule has 1 aliphatic carbocycles. The smallest absolute Gasteiger partial charge is 0.329 e. The van der Waals surface area contributed by atoms with Gasteiger partial charge in [0, 0.05) is 6.07 Å². The van der Waals surface area contributed by atoms with Gasteiger partial charge in [0.05, 0.1) is 0 Å². The van der Waals surface area contributed by atoms with Crippen LogP contribution in [0.1, 0.15) is 44.3 Å². The first-order chi connectivity index (χ1) is 9.02. The maximum atomic E-state index is 11.6. The van der Waals surface area contributed by atoms with E-state index in [9.17, 15) is 14.7 Å². The molecule has 6 nitrogen and oxygen atoms in total. The predicted octanol–water partition coefficient (Wildman–Crippen LogP) is 1.67. The van der Waals surface area contributed by atoms with E-state index in [2.05, 4.69) is 15.3 Å². The van der Waals surface area contributed by atoms with Gasteiger partial charge in [-0.25, -0.2) is 9.78 Å². The van der Waals surface area contributed by atoms with E-state index in [0.29, 0.717) is 24.5 Å². The van der Waals surface area contributed by atoms with Crippen molar-refractivity contribution >= 4 is 11.8 Å². The Balaban J connectivity index is 2.29. The van der Waals surface area contributed by atoms with Gasteiger partial charge in [-0.3, -0.25) is 4.79 Å². The number of H-pyrrole nitrogens is 1. The lowest BCUT2D eigenvalue weighted by Gasteiger charge is -2.29. The highest BCUT2D eigenvalue weighted by Gasteiger charge is 2.38. The van der Waals surface area contributed by atoms with Crippen molar-refractivity contribution < 1.29 is 9.90 Å². The van der Waals surface area contributed by atoms with Crippen molar-refractivity contribution in [1.82, 2.24) is 9.97 Å². The van der Waals surface area contributed by atoms with Crippen molar-refractivity contribution in [3.05, 3.63) is 22.2 Å². The Morgan fingerprint density at radius 3 is 2.53 bits per heavy atom. The van der Waals surface area contributed by atoms with Crippen LogP contribution in [0.3, 0.4) is 0 Å². The number of hydrogen-bond acceptors (Lipinski definition) is 4. The fraction of sp³-hybridized carbons (Fsp3) is 0.615. The molecule has 6 heteroatoms. The minimum Gasteiger partial charge on any atom is -0.480 e. The molecule has 0 spiro atoms. The van der Waals surface area contributed by atoms with Crippen molar-refractivity contribution in [2.45, 2.75) is 51.0 Å². The summed E-state index contributed by atoms with van der Waals surface area (Å²) in [5.41, 5.74) is -1.27. The lowest BCUT2D eigenvalue weighted by molar-refractivity contribution is -0.142. The molecule has 0 unspecified atom stereocenters. The summed E-state index contributed by atoms with van der Waals surface area (Å²) < 4.78 is 0. The van der Waals surface area contributed by atoms with E-state index in [-0.39, 0.29) is 5.56 Å². The minimum atomic E-state index is -0.996. The summed E-state index contributed by atoms with van der Waals surface area (Å²) >= 11 is 0. The molecule has 104 valence electrons. The number of aryl methyl sites for hydroxylation is 1. The number of hydrogen-bond donors (Lipinski definition) is 3. The second kappa shape index (κ2) is 5.42. The summed E-state index contributed by atoms with van der Waals surface area (Å²) in [4.78, 5) is 29.7. The van der Waals surface area contributed by atoms with Gasteiger partial charge in [0.15, 0.2) is 0 Å². The van der Waals surface area contributed by atoms with Gasteiger partial charge in [-0.15, -0.1) is 0 Å². The number of aliphatic carboxylic acids is 1. The van der Waals surface area contributed by atoms with Crippen LogP contribution in [-0.4, -0.2) is 26.6 Å². The van der Waals surface area contributed by atoms with E-state index in [0.717, 1.165) is 25.7 Å². The Morgan fingerprint density at radius 2 is 2.00 bits per heavy atom. The van der Waals surface area contributed by atoms with Crippen molar-refractivity contribution in [2.24, 2.45) is 0 Å². The molecule has 0 saturated heterocycles. The molecule has 1 aromatic rings. The molecule has 0 aliphatic heterocycles. The van der Waals surface area contributed by atoms with E-state index in [1.54, 1.807) is 6.92 Å². The van der Waals surface area contributed by atoms with Crippen LogP contribution in [0.25, 0.3) is 0 Å². The van der Waals surface area contributed by atoms with Crippen LogP contribution in [0.2, 0.25) is 0 Å². The number of carbonyl (C=O) groups is 1. The number of nitrogens with one attached hydrogen (secondary N) is 2. The maximum absolute atomic E-state index is 11.6. The van der Waals surface area contributed by atoms with Crippen molar-refractivity contribution in [2.75, 3.05) is 5.32 Å². The lowest BCUT2D eigenvalue weighted by atomic mass is 9.90. The number of anilines is 1. The SMILES string of the molecule is Cc1nc(NC2(C(=O)O)CCCCCC2)cc(=O)[nH]1. The van der Waals surface area contributed by atoms with Gasteiger partial charge in [-0.05, 0) is 19.8 Å². The van der Waals surface area contributed by atoms with Gasteiger partial charge in [0.25, 0.3) is 5.56 Å². The van der Waals surface area contributed by atoms with Gasteiger partial charge in [-0.1, -0.05) is 25.7 Å². The Morgan fingerprint density at radius 1 is 1.37 bits per heavy atom. The summed E-state index contributed by atoms with van der Waals surface area (Å²) in [6.07, 6.45) is 4.99. The zero-order chi connectivity index (χ0) is 13.9. The maximum Gasteiger partial charge on any atom is 0.329 e. The Labute approximate surface area is 111 Å². The number of aromatic nitrogens is 2. The van der Waals surface area contributed by atoms with Crippen LogP contribution >= 0.6 is 0 Å². The van der Waals surface area contributed by atoms with Crippen molar-refractivity contribution in [3.8, 4) is 0 Å². The zero-order valence-electron chi connectivity index (χ0n) is 11.0. The number of carboxylic acid groups (broad SMARTS) is 1. The fourth-order valence-corrected chi connectivity index (χ4v) is 2.61. The Hall–Kier alpha value is -1.85. The second-order valence-electron chi connectivity index (χ2n) is 5.14. The van der Waals surface area contributed by atoms with Crippen LogP contribution in [0.4, 0.5) is 5.82 Å². The topological polar surface area (TPSA) is 95.1 Å². The second-order valence-corrected chi connectivity index (χ2v) is 5.14. The molecule has 2 rings (SSSR count). The summed E-state index contributed by atoms with van der Waals surface area (Å²) in [5.74, 6) is -0.0520. The third kappa shape index (κ3) is 3.13. The molecule has 1 aliphatic rings. The lowest BCUT2D eigenvalue weighted by Crippen LogP contribution is -2.46. The average Bonchev–Trinajstić information content (AvgIpc) is 2.54. The third-order valence-corrected chi connectivity index (χ3v) is 3.59. The molecule has 3 N–H and O–H groups in total. The number of carboxylic acids is 1. The largest absolute Gasteiger partial charge is 0.480 e. The van der Waals surface area contributed by atoms with Crippen LogP contribution in [0.15, 0.2) is 10.9 Å². The molecule has 1 saturated carbocycles. The number of nitrogens with zero attached hydrogens (tertiary/aromatic N) is 1. The first kappa shape index (κ1) is 13.6. The molecule has 19 heavy (non-hydrogen) atoms. The fourth-order valence-electron chi connectivity index (χ4n) is 2.61. The van der Waals surface area contributed by atoms with Gasteiger partial charge in [0.2, 0.25) is 0 Å². The van der Waals surface area contributed by atoms with E-state index in [1.807, 2.05) is 0 Å². The van der Waals surface area contributed by atoms with E-state index >= 15 is 0 Å². The van der Waals surface area contributed by atoms with E-state index in [4.69, 9.17) is 0 Å².